The van der Waals surface area contributed by atoms with E-state index >= 15 is 0 Å². The Bertz CT molecular complexity index is 1180. The molecular formula is C31H41N3O7. The number of esters is 1. The van der Waals surface area contributed by atoms with Crippen LogP contribution >= 0.6 is 0 Å². The second-order valence-corrected chi connectivity index (χ2v) is 10.9. The van der Waals surface area contributed by atoms with Gasteiger partial charge in [0, 0.05) is 19.5 Å². The number of hydrogen-bond acceptors (Lipinski definition) is 7. The minimum Gasteiger partial charge on any atom is -0.465 e. The molecule has 0 bridgehead atoms. The minimum atomic E-state index is -0.924. The number of alkyl carbamates (subject to hydrolysis) is 2. The Balaban J connectivity index is 1.59. The van der Waals surface area contributed by atoms with Gasteiger partial charge in [-0.05, 0) is 69.2 Å². The fraction of sp³-hybridized carbons (Fsp3) is 0.484. The Hall–Kier alpha value is -4.08. The number of fused-ring (bicyclic) bond motifs is 3. The van der Waals surface area contributed by atoms with Gasteiger partial charge >= 0.3 is 18.2 Å². The zero-order valence-corrected chi connectivity index (χ0v) is 24.5. The van der Waals surface area contributed by atoms with Gasteiger partial charge in [-0.15, -0.1) is 0 Å². The summed E-state index contributed by atoms with van der Waals surface area (Å²) in [4.78, 5) is 51.2. The Kier molecular flexibility index (Phi) is 11.1. The van der Waals surface area contributed by atoms with Crippen LogP contribution in [0.5, 0.6) is 0 Å². The van der Waals surface area contributed by atoms with E-state index in [4.69, 9.17) is 14.2 Å². The first-order valence-corrected chi connectivity index (χ1v) is 14.0. The molecule has 0 unspecified atom stereocenters. The molecule has 1 aliphatic carbocycles. The number of likely N-dealkylation sites (N-methyl/N-ethyl adjacent to an activating group) is 1. The highest BCUT2D eigenvalue weighted by Gasteiger charge is 2.30. The number of ether oxygens (including phenoxy) is 3. The molecule has 10 heteroatoms. The third kappa shape index (κ3) is 9.23. The minimum absolute atomic E-state index is 0.110. The summed E-state index contributed by atoms with van der Waals surface area (Å²) in [5.74, 6) is -1.09. The highest BCUT2D eigenvalue weighted by molar-refractivity contribution is 5.88. The first-order valence-electron chi connectivity index (χ1n) is 14.0. The molecule has 222 valence electrons. The van der Waals surface area contributed by atoms with E-state index in [0.29, 0.717) is 19.4 Å². The van der Waals surface area contributed by atoms with Crippen LogP contribution in [0.4, 0.5) is 9.59 Å². The smallest absolute Gasteiger partial charge is 0.407 e. The van der Waals surface area contributed by atoms with Gasteiger partial charge in [0.05, 0.1) is 6.61 Å². The fourth-order valence-electron chi connectivity index (χ4n) is 4.76. The number of carbonyl (C=O) groups is 4. The van der Waals surface area contributed by atoms with Crippen molar-refractivity contribution < 1.29 is 33.4 Å². The summed E-state index contributed by atoms with van der Waals surface area (Å²) in [5.41, 5.74) is 3.80. The summed E-state index contributed by atoms with van der Waals surface area (Å²) < 4.78 is 15.8. The van der Waals surface area contributed by atoms with Crippen molar-refractivity contribution >= 4 is 24.1 Å². The van der Waals surface area contributed by atoms with Gasteiger partial charge in [0.1, 0.15) is 24.8 Å². The molecule has 0 radical (unpaired) electrons. The molecule has 10 nitrogen and oxygen atoms in total. The lowest BCUT2D eigenvalue weighted by atomic mass is 9.98. The number of hydrogen-bond donors (Lipinski definition) is 2. The van der Waals surface area contributed by atoms with Crippen LogP contribution in [0.3, 0.4) is 0 Å². The average molecular weight is 568 g/mol. The van der Waals surface area contributed by atoms with E-state index in [9.17, 15) is 19.2 Å². The number of unbranched alkanes of at least 4 members (excludes halogenated alkanes) is 1. The summed E-state index contributed by atoms with van der Waals surface area (Å²) in [6, 6.07) is 15.1. The van der Waals surface area contributed by atoms with E-state index in [-0.39, 0.29) is 32.1 Å². The van der Waals surface area contributed by atoms with E-state index in [0.717, 1.165) is 22.3 Å². The molecule has 0 fully saturated rings. The highest BCUT2D eigenvalue weighted by Crippen LogP contribution is 2.44. The summed E-state index contributed by atoms with van der Waals surface area (Å²) in [6.45, 7) is 7.45. The lowest BCUT2D eigenvalue weighted by Gasteiger charge is -2.24. The summed E-state index contributed by atoms with van der Waals surface area (Å²) in [6.07, 6.45) is 0.115. The van der Waals surface area contributed by atoms with Gasteiger partial charge in [0.2, 0.25) is 5.91 Å². The van der Waals surface area contributed by atoms with Crippen LogP contribution in [0.15, 0.2) is 48.5 Å². The standard InChI is InChI=1S/C31H41N3O7/c1-6-39-27(35)19-34(5)28(36)26(17-11-12-18-32-29(37)41-31(2,3)4)33-30(38)40-20-25-23-15-9-7-13-21(23)22-14-8-10-16-24(22)25/h7-10,13-16,25-26H,6,11-12,17-20H2,1-5H3,(H,32,37)(H,33,38)/t26-/m0/s1. The highest BCUT2D eigenvalue weighted by atomic mass is 16.6. The molecule has 2 aromatic rings. The second kappa shape index (κ2) is 14.5. The van der Waals surface area contributed by atoms with Gasteiger partial charge in [0.15, 0.2) is 0 Å². The van der Waals surface area contributed by atoms with Gasteiger partial charge in [-0.3, -0.25) is 9.59 Å². The third-order valence-corrected chi connectivity index (χ3v) is 6.57. The molecule has 0 heterocycles. The van der Waals surface area contributed by atoms with Gasteiger partial charge in [0.25, 0.3) is 0 Å². The SMILES string of the molecule is CCOC(=O)CN(C)C(=O)[C@H](CCCCNC(=O)OC(C)(C)C)NC(=O)OCC1c2ccccc2-c2ccccc21. The van der Waals surface area contributed by atoms with Crippen LogP contribution < -0.4 is 10.6 Å². The van der Waals surface area contributed by atoms with E-state index in [1.54, 1.807) is 27.7 Å². The number of carbonyl (C=O) groups excluding carboxylic acids is 4. The van der Waals surface area contributed by atoms with Crippen molar-refractivity contribution in [1.82, 2.24) is 15.5 Å². The molecule has 0 aromatic heterocycles. The molecule has 3 amide bonds. The van der Waals surface area contributed by atoms with E-state index < -0.39 is 35.7 Å². The number of nitrogens with one attached hydrogen (secondary N) is 2. The summed E-state index contributed by atoms with van der Waals surface area (Å²) in [5, 5.41) is 5.37. The van der Waals surface area contributed by atoms with Crippen molar-refractivity contribution in [1.29, 1.82) is 0 Å². The topological polar surface area (TPSA) is 123 Å². The van der Waals surface area contributed by atoms with Crippen molar-refractivity contribution in [3.63, 3.8) is 0 Å². The van der Waals surface area contributed by atoms with Gasteiger partial charge in [-0.2, -0.15) is 0 Å². The van der Waals surface area contributed by atoms with Crippen molar-refractivity contribution in [2.75, 3.05) is 33.4 Å². The average Bonchev–Trinajstić information content (AvgIpc) is 3.23. The summed E-state index contributed by atoms with van der Waals surface area (Å²) in [7, 11) is 1.48. The molecule has 2 N–H and O–H groups in total. The molecule has 1 aliphatic rings. The van der Waals surface area contributed by atoms with Crippen LogP contribution in [0.25, 0.3) is 11.1 Å². The monoisotopic (exact) mass is 567 g/mol. The van der Waals surface area contributed by atoms with Crippen molar-refractivity contribution in [2.45, 2.75) is 64.5 Å². The van der Waals surface area contributed by atoms with Crippen LogP contribution in [0.1, 0.15) is 64.0 Å². The zero-order chi connectivity index (χ0) is 30.0. The maximum absolute atomic E-state index is 13.2. The van der Waals surface area contributed by atoms with Crippen molar-refractivity contribution in [2.24, 2.45) is 0 Å². The van der Waals surface area contributed by atoms with Crippen LogP contribution in [0.2, 0.25) is 0 Å². The van der Waals surface area contributed by atoms with Crippen LogP contribution in [-0.2, 0) is 23.8 Å². The lowest BCUT2D eigenvalue weighted by Crippen LogP contribution is -2.49. The number of rotatable bonds is 12. The van der Waals surface area contributed by atoms with Crippen LogP contribution in [0, 0.1) is 0 Å². The normalized spacial score (nSPS) is 12.9. The van der Waals surface area contributed by atoms with Gasteiger partial charge in [-0.1, -0.05) is 48.5 Å². The predicted molar refractivity (Wildman–Crippen MR) is 154 cm³/mol. The molecule has 0 aliphatic heterocycles. The van der Waals surface area contributed by atoms with Gasteiger partial charge < -0.3 is 29.7 Å². The molecule has 0 spiro atoms. The lowest BCUT2D eigenvalue weighted by molar-refractivity contribution is -0.148. The third-order valence-electron chi connectivity index (χ3n) is 6.57. The van der Waals surface area contributed by atoms with E-state index in [1.807, 2.05) is 36.4 Å². The Morgan fingerprint density at radius 2 is 1.51 bits per heavy atom. The van der Waals surface area contributed by atoms with Crippen molar-refractivity contribution in [3.8, 4) is 11.1 Å². The first-order chi connectivity index (χ1) is 19.5. The second-order valence-electron chi connectivity index (χ2n) is 10.9. The largest absolute Gasteiger partial charge is 0.465 e. The Morgan fingerprint density at radius 3 is 2.10 bits per heavy atom. The quantitative estimate of drug-likeness (QED) is 0.218. The Morgan fingerprint density at radius 1 is 0.902 bits per heavy atom. The molecular weight excluding hydrogens is 526 g/mol. The molecule has 41 heavy (non-hydrogen) atoms. The summed E-state index contributed by atoms with van der Waals surface area (Å²) >= 11 is 0. The zero-order valence-electron chi connectivity index (χ0n) is 24.5. The number of benzene rings is 2. The molecule has 0 saturated carbocycles. The number of nitrogens with zero attached hydrogens (tertiary/aromatic N) is 1. The maximum atomic E-state index is 13.2. The van der Waals surface area contributed by atoms with E-state index in [1.165, 1.54) is 11.9 Å². The molecule has 3 rings (SSSR count). The predicted octanol–water partition coefficient (Wildman–Crippen LogP) is 4.61. The van der Waals surface area contributed by atoms with Gasteiger partial charge in [-0.25, -0.2) is 9.59 Å². The number of amides is 3. The van der Waals surface area contributed by atoms with Crippen LogP contribution in [-0.4, -0.2) is 74.0 Å². The molecule has 2 aromatic carbocycles. The first kappa shape index (κ1) is 31.4. The maximum Gasteiger partial charge on any atom is 0.407 e. The van der Waals surface area contributed by atoms with E-state index in [2.05, 4.69) is 22.8 Å². The van der Waals surface area contributed by atoms with Crippen molar-refractivity contribution in [3.05, 3.63) is 59.7 Å². The molecule has 1 atom stereocenters. The Labute approximate surface area is 241 Å². The molecule has 0 saturated heterocycles. The fourth-order valence-corrected chi connectivity index (χ4v) is 4.76.